The maximum Gasteiger partial charge on any atom is 0.225 e. The first kappa shape index (κ1) is 17.1. The predicted octanol–water partition coefficient (Wildman–Crippen LogP) is 2.13. The number of nitrogens with one attached hydrogen (secondary N) is 1. The average molecular weight is 344 g/mol. The molecule has 0 aliphatic carbocycles. The predicted molar refractivity (Wildman–Crippen MR) is 97.2 cm³/mol. The Balaban J connectivity index is 1.41. The van der Waals surface area contributed by atoms with Gasteiger partial charge >= 0.3 is 0 Å². The van der Waals surface area contributed by atoms with Crippen LogP contribution < -0.4 is 5.32 Å². The Hall–Kier alpha value is -1.69. The van der Waals surface area contributed by atoms with Crippen molar-refractivity contribution in [1.29, 1.82) is 0 Å². The molecule has 1 aromatic carbocycles. The van der Waals surface area contributed by atoms with Gasteiger partial charge in [0, 0.05) is 35.9 Å². The Morgan fingerprint density at radius 3 is 2.83 bits per heavy atom. The van der Waals surface area contributed by atoms with Gasteiger partial charge in [0.05, 0.1) is 12.5 Å². The number of amides is 1. The van der Waals surface area contributed by atoms with Crippen molar-refractivity contribution in [1.82, 2.24) is 10.2 Å². The normalized spacial score (nSPS) is 15.8. The van der Waals surface area contributed by atoms with E-state index < -0.39 is 6.10 Å². The standard InChI is InChI=1S/C19H24N2O2S/c1-14-6-7-18(24-14)10-19(23)20-11-17(22)13-21-9-8-15-4-2-3-5-16(15)12-21/h2-7,17,22H,8-13H2,1H3,(H,20,23). The number of benzene rings is 1. The summed E-state index contributed by atoms with van der Waals surface area (Å²) in [6.45, 7) is 4.76. The van der Waals surface area contributed by atoms with E-state index in [1.807, 2.05) is 19.1 Å². The molecule has 0 fully saturated rings. The van der Waals surface area contributed by atoms with Gasteiger partial charge in [-0.3, -0.25) is 9.69 Å². The van der Waals surface area contributed by atoms with Crippen molar-refractivity contribution in [3.05, 3.63) is 57.3 Å². The number of β-amino-alcohol motifs (C(OH)–C–C–N with tert-alkyl or cyclic N) is 1. The monoisotopic (exact) mass is 344 g/mol. The highest BCUT2D eigenvalue weighted by molar-refractivity contribution is 7.12. The molecular weight excluding hydrogens is 320 g/mol. The van der Waals surface area contributed by atoms with E-state index in [1.54, 1.807) is 11.3 Å². The lowest BCUT2D eigenvalue weighted by Crippen LogP contribution is -2.42. The first-order chi connectivity index (χ1) is 11.6. The minimum absolute atomic E-state index is 0.0279. The van der Waals surface area contributed by atoms with E-state index in [9.17, 15) is 9.90 Å². The molecule has 5 heteroatoms. The first-order valence-electron chi connectivity index (χ1n) is 8.39. The van der Waals surface area contributed by atoms with Crippen molar-refractivity contribution < 1.29 is 9.90 Å². The fourth-order valence-corrected chi connectivity index (χ4v) is 3.99. The molecule has 4 nitrogen and oxygen atoms in total. The molecule has 3 rings (SSSR count). The molecule has 0 saturated carbocycles. The van der Waals surface area contributed by atoms with Gasteiger partial charge in [-0.25, -0.2) is 0 Å². The molecule has 0 saturated heterocycles. The summed E-state index contributed by atoms with van der Waals surface area (Å²) in [5, 5.41) is 13.1. The van der Waals surface area contributed by atoms with Crippen molar-refractivity contribution in [3.8, 4) is 0 Å². The van der Waals surface area contributed by atoms with E-state index >= 15 is 0 Å². The minimum atomic E-state index is -0.538. The summed E-state index contributed by atoms with van der Waals surface area (Å²) in [5.74, 6) is -0.0279. The topological polar surface area (TPSA) is 52.6 Å². The molecule has 2 N–H and O–H groups in total. The van der Waals surface area contributed by atoms with Crippen LogP contribution in [-0.4, -0.2) is 41.7 Å². The molecule has 0 spiro atoms. The molecule has 2 heterocycles. The van der Waals surface area contributed by atoms with Gasteiger partial charge in [0.1, 0.15) is 0 Å². The van der Waals surface area contributed by atoms with Gasteiger partial charge in [0.15, 0.2) is 0 Å². The molecule has 0 bridgehead atoms. The lowest BCUT2D eigenvalue weighted by Gasteiger charge is -2.30. The van der Waals surface area contributed by atoms with Crippen LogP contribution in [0.3, 0.4) is 0 Å². The molecule has 1 amide bonds. The van der Waals surface area contributed by atoms with E-state index in [1.165, 1.54) is 16.0 Å². The number of fused-ring (bicyclic) bond motifs is 1. The number of nitrogens with zero attached hydrogens (tertiary/aromatic N) is 1. The lowest BCUT2D eigenvalue weighted by atomic mass is 10.00. The van der Waals surface area contributed by atoms with E-state index in [-0.39, 0.29) is 5.91 Å². The van der Waals surface area contributed by atoms with Crippen LogP contribution in [0.5, 0.6) is 0 Å². The average Bonchev–Trinajstić information content (AvgIpc) is 2.98. The van der Waals surface area contributed by atoms with Crippen LogP contribution >= 0.6 is 11.3 Å². The quantitative estimate of drug-likeness (QED) is 0.844. The van der Waals surface area contributed by atoms with Gasteiger partial charge in [0.2, 0.25) is 5.91 Å². The molecule has 24 heavy (non-hydrogen) atoms. The molecule has 2 aromatic rings. The second-order valence-corrected chi connectivity index (χ2v) is 7.77. The molecule has 0 radical (unpaired) electrons. The second-order valence-electron chi connectivity index (χ2n) is 6.40. The third-order valence-corrected chi connectivity index (χ3v) is 5.34. The van der Waals surface area contributed by atoms with Crippen LogP contribution in [0, 0.1) is 6.92 Å². The fraction of sp³-hybridized carbons (Fsp3) is 0.421. The summed E-state index contributed by atoms with van der Waals surface area (Å²) in [4.78, 5) is 16.5. The molecule has 1 atom stereocenters. The molecule has 1 aromatic heterocycles. The highest BCUT2D eigenvalue weighted by Crippen LogP contribution is 2.18. The van der Waals surface area contributed by atoms with Crippen LogP contribution in [0.1, 0.15) is 20.9 Å². The maximum absolute atomic E-state index is 12.0. The van der Waals surface area contributed by atoms with Crippen molar-refractivity contribution in [3.63, 3.8) is 0 Å². The Morgan fingerprint density at radius 2 is 2.08 bits per heavy atom. The Labute approximate surface area is 147 Å². The number of aliphatic hydroxyl groups is 1. The highest BCUT2D eigenvalue weighted by atomic mass is 32.1. The third kappa shape index (κ3) is 4.66. The zero-order valence-corrected chi connectivity index (χ0v) is 14.8. The van der Waals surface area contributed by atoms with Crippen molar-refractivity contribution in [2.24, 2.45) is 0 Å². The van der Waals surface area contributed by atoms with Crippen LogP contribution in [-0.2, 0) is 24.2 Å². The number of rotatable bonds is 6. The van der Waals surface area contributed by atoms with Gasteiger partial charge in [-0.05, 0) is 36.6 Å². The van der Waals surface area contributed by atoms with E-state index in [2.05, 4.69) is 34.5 Å². The number of hydrogen-bond donors (Lipinski definition) is 2. The van der Waals surface area contributed by atoms with Crippen molar-refractivity contribution in [2.45, 2.75) is 32.4 Å². The number of carbonyl (C=O) groups is 1. The largest absolute Gasteiger partial charge is 0.390 e. The number of aryl methyl sites for hydroxylation is 1. The molecule has 1 unspecified atom stereocenters. The summed E-state index contributed by atoms with van der Waals surface area (Å²) in [5.41, 5.74) is 2.75. The number of thiophene rings is 1. The Kier molecular flexibility index (Phi) is 5.66. The van der Waals surface area contributed by atoms with Gasteiger partial charge in [-0.15, -0.1) is 11.3 Å². The number of carbonyl (C=O) groups excluding carboxylic acids is 1. The van der Waals surface area contributed by atoms with E-state index in [4.69, 9.17) is 0 Å². The maximum atomic E-state index is 12.0. The second kappa shape index (κ2) is 7.92. The lowest BCUT2D eigenvalue weighted by molar-refractivity contribution is -0.120. The van der Waals surface area contributed by atoms with Gasteiger partial charge < -0.3 is 10.4 Å². The summed E-state index contributed by atoms with van der Waals surface area (Å²) in [6, 6.07) is 12.5. The molecule has 1 aliphatic rings. The van der Waals surface area contributed by atoms with Crippen LogP contribution in [0.2, 0.25) is 0 Å². The fourth-order valence-electron chi connectivity index (χ4n) is 3.11. The van der Waals surface area contributed by atoms with Crippen LogP contribution in [0.15, 0.2) is 36.4 Å². The highest BCUT2D eigenvalue weighted by Gasteiger charge is 2.18. The van der Waals surface area contributed by atoms with Gasteiger partial charge in [0.25, 0.3) is 0 Å². The number of aliphatic hydroxyl groups excluding tert-OH is 1. The van der Waals surface area contributed by atoms with Gasteiger partial charge in [-0.1, -0.05) is 24.3 Å². The Morgan fingerprint density at radius 1 is 1.29 bits per heavy atom. The Bertz CT molecular complexity index is 698. The van der Waals surface area contributed by atoms with Gasteiger partial charge in [-0.2, -0.15) is 0 Å². The van der Waals surface area contributed by atoms with E-state index in [0.717, 1.165) is 24.4 Å². The summed E-state index contributed by atoms with van der Waals surface area (Å²) >= 11 is 1.64. The minimum Gasteiger partial charge on any atom is -0.390 e. The third-order valence-electron chi connectivity index (χ3n) is 4.34. The number of hydrogen-bond acceptors (Lipinski definition) is 4. The smallest absolute Gasteiger partial charge is 0.225 e. The van der Waals surface area contributed by atoms with Crippen LogP contribution in [0.4, 0.5) is 0 Å². The first-order valence-corrected chi connectivity index (χ1v) is 9.21. The van der Waals surface area contributed by atoms with Crippen molar-refractivity contribution in [2.75, 3.05) is 19.6 Å². The molecule has 1 aliphatic heterocycles. The zero-order valence-electron chi connectivity index (χ0n) is 14.0. The summed E-state index contributed by atoms with van der Waals surface area (Å²) in [7, 11) is 0. The SMILES string of the molecule is Cc1ccc(CC(=O)NCC(O)CN2CCc3ccccc3C2)s1. The summed E-state index contributed by atoms with van der Waals surface area (Å²) < 4.78 is 0. The van der Waals surface area contributed by atoms with Crippen LogP contribution in [0.25, 0.3) is 0 Å². The molecular formula is C19H24N2O2S. The summed E-state index contributed by atoms with van der Waals surface area (Å²) in [6.07, 6.45) is 0.874. The zero-order chi connectivity index (χ0) is 16.9. The van der Waals surface area contributed by atoms with Crippen molar-refractivity contribution >= 4 is 17.2 Å². The molecule has 128 valence electrons. The van der Waals surface area contributed by atoms with E-state index in [0.29, 0.717) is 19.5 Å².